The molecule has 3 N–H and O–H groups in total. The number of para-hydroxylation sites is 1. The summed E-state index contributed by atoms with van der Waals surface area (Å²) in [5.74, 6) is -0.167. The lowest BCUT2D eigenvalue weighted by Crippen LogP contribution is -2.23. The van der Waals surface area contributed by atoms with Gasteiger partial charge in [-0.2, -0.15) is 0 Å². The Morgan fingerprint density at radius 2 is 1.43 bits per heavy atom. The van der Waals surface area contributed by atoms with Crippen molar-refractivity contribution in [2.75, 3.05) is 21.9 Å². The molecule has 0 spiro atoms. The summed E-state index contributed by atoms with van der Waals surface area (Å²) in [6.07, 6.45) is 0. The number of sulfonamides is 2. The Kier molecular flexibility index (Phi) is 9.20. The number of hydrogen-bond acceptors (Lipinski definition) is 7. The van der Waals surface area contributed by atoms with Gasteiger partial charge in [-0.15, -0.1) is 0 Å². The van der Waals surface area contributed by atoms with Crippen molar-refractivity contribution in [3.05, 3.63) is 123 Å². The number of carbonyl (C=O) groups excluding carboxylic acids is 1. The number of hydrogen-bond donors (Lipinski definition) is 3. The summed E-state index contributed by atoms with van der Waals surface area (Å²) in [7, 11) is -5.38. The molecular formula is C32H30ClN5O7S2. The highest BCUT2D eigenvalue weighted by Gasteiger charge is 2.26. The summed E-state index contributed by atoms with van der Waals surface area (Å²) in [5.41, 5.74) is 0.908. The zero-order valence-corrected chi connectivity index (χ0v) is 28.0. The van der Waals surface area contributed by atoms with Gasteiger partial charge in [0, 0.05) is 24.0 Å². The first kappa shape index (κ1) is 33.3. The standard InChI is InChI=1S/C32H30ClN5O7S2/c1-20-10-12-24(19-28(20)46(41,42)35-23-13-15-26(45-4)16-14-23)34-31(39)22-11-17-27(33)29(18-22)47(43,44)36-30-21(2)37(3)38(32(30)40)25-8-6-5-7-9-25/h5-19,35-36H,1-4H3,(H,34,39). The van der Waals surface area contributed by atoms with Gasteiger partial charge in [-0.3, -0.25) is 23.7 Å². The molecule has 5 rings (SSSR count). The molecule has 1 heterocycles. The van der Waals surface area contributed by atoms with E-state index in [1.807, 2.05) is 0 Å². The molecule has 0 fully saturated rings. The minimum absolute atomic E-state index is 0.0749. The van der Waals surface area contributed by atoms with Gasteiger partial charge in [0.2, 0.25) is 0 Å². The van der Waals surface area contributed by atoms with Crippen LogP contribution in [0.2, 0.25) is 5.02 Å². The fourth-order valence-corrected chi connectivity index (χ4v) is 7.74. The van der Waals surface area contributed by atoms with Gasteiger partial charge >= 0.3 is 0 Å². The highest BCUT2D eigenvalue weighted by molar-refractivity contribution is 7.93. The molecule has 0 saturated carbocycles. The number of amides is 1. The largest absolute Gasteiger partial charge is 0.497 e. The molecule has 47 heavy (non-hydrogen) atoms. The number of ether oxygens (including phenoxy) is 1. The third kappa shape index (κ3) is 6.89. The summed E-state index contributed by atoms with van der Waals surface area (Å²) in [4.78, 5) is 26.1. The highest BCUT2D eigenvalue weighted by atomic mass is 35.5. The average molecular weight is 696 g/mol. The van der Waals surface area contributed by atoms with Crippen LogP contribution in [0.4, 0.5) is 17.1 Å². The maximum atomic E-state index is 13.5. The molecule has 1 amide bonds. The SMILES string of the molecule is COc1ccc(NS(=O)(=O)c2cc(NC(=O)c3ccc(Cl)c(S(=O)(=O)Nc4c(C)n(C)n(-c5ccccc5)c4=O)c3)ccc2C)cc1. The van der Waals surface area contributed by atoms with Gasteiger partial charge in [-0.25, -0.2) is 21.5 Å². The van der Waals surface area contributed by atoms with Crippen LogP contribution in [0, 0.1) is 13.8 Å². The predicted octanol–water partition coefficient (Wildman–Crippen LogP) is 5.31. The molecule has 12 nitrogen and oxygen atoms in total. The number of aryl methyl sites for hydroxylation is 1. The van der Waals surface area contributed by atoms with Crippen molar-refractivity contribution in [2.24, 2.45) is 7.05 Å². The van der Waals surface area contributed by atoms with Crippen LogP contribution in [0.3, 0.4) is 0 Å². The molecule has 0 aliphatic carbocycles. The number of methoxy groups -OCH3 is 1. The van der Waals surface area contributed by atoms with E-state index in [-0.39, 0.29) is 26.9 Å². The lowest BCUT2D eigenvalue weighted by atomic mass is 10.2. The maximum Gasteiger partial charge on any atom is 0.296 e. The van der Waals surface area contributed by atoms with Crippen molar-refractivity contribution in [3.8, 4) is 11.4 Å². The van der Waals surface area contributed by atoms with Crippen molar-refractivity contribution >= 4 is 54.6 Å². The lowest BCUT2D eigenvalue weighted by Gasteiger charge is -2.14. The lowest BCUT2D eigenvalue weighted by molar-refractivity contribution is 0.102. The summed E-state index contributed by atoms with van der Waals surface area (Å²) in [6, 6.07) is 23.0. The van der Waals surface area contributed by atoms with Crippen LogP contribution in [-0.4, -0.2) is 39.2 Å². The van der Waals surface area contributed by atoms with Crippen LogP contribution >= 0.6 is 11.6 Å². The minimum Gasteiger partial charge on any atom is -0.497 e. The van der Waals surface area contributed by atoms with E-state index in [4.69, 9.17) is 16.3 Å². The van der Waals surface area contributed by atoms with Gasteiger partial charge in [-0.1, -0.05) is 35.9 Å². The van der Waals surface area contributed by atoms with E-state index in [1.165, 1.54) is 46.8 Å². The van der Waals surface area contributed by atoms with Crippen LogP contribution in [0.15, 0.2) is 106 Å². The van der Waals surface area contributed by atoms with Crippen molar-refractivity contribution in [2.45, 2.75) is 23.6 Å². The number of nitrogens with zero attached hydrogens (tertiary/aromatic N) is 2. The van der Waals surface area contributed by atoms with Crippen molar-refractivity contribution < 1.29 is 26.4 Å². The minimum atomic E-state index is -4.45. The normalized spacial score (nSPS) is 11.6. The zero-order chi connectivity index (χ0) is 34.1. The topological polar surface area (TPSA) is 158 Å². The van der Waals surface area contributed by atoms with Crippen LogP contribution in [0.25, 0.3) is 5.69 Å². The molecule has 0 bridgehead atoms. The Balaban J connectivity index is 1.40. The number of benzene rings is 4. The molecule has 1 aromatic heterocycles. The predicted molar refractivity (Wildman–Crippen MR) is 181 cm³/mol. The highest BCUT2D eigenvalue weighted by Crippen LogP contribution is 2.28. The van der Waals surface area contributed by atoms with Crippen LogP contribution in [-0.2, 0) is 27.1 Å². The average Bonchev–Trinajstić information content (AvgIpc) is 3.24. The summed E-state index contributed by atoms with van der Waals surface area (Å²) < 4.78 is 66.3. The third-order valence-corrected chi connectivity index (χ3v) is 10.7. The number of anilines is 3. The molecule has 15 heteroatoms. The summed E-state index contributed by atoms with van der Waals surface area (Å²) in [5, 5.41) is 2.43. The Hall–Kier alpha value is -5.05. The molecule has 0 atom stereocenters. The number of aromatic nitrogens is 2. The van der Waals surface area contributed by atoms with Crippen LogP contribution in [0.5, 0.6) is 5.75 Å². The van der Waals surface area contributed by atoms with Gasteiger partial charge in [0.05, 0.1) is 28.4 Å². The second-order valence-corrected chi connectivity index (χ2v) is 14.2. The maximum absolute atomic E-state index is 13.5. The molecule has 0 aliphatic heterocycles. The first-order chi connectivity index (χ1) is 22.2. The van der Waals surface area contributed by atoms with E-state index < -0.39 is 36.4 Å². The van der Waals surface area contributed by atoms with Crippen LogP contribution in [0.1, 0.15) is 21.6 Å². The molecule has 0 unspecified atom stereocenters. The number of rotatable bonds is 10. The first-order valence-corrected chi connectivity index (χ1v) is 17.3. The van der Waals surface area contributed by atoms with E-state index in [2.05, 4.69) is 14.8 Å². The van der Waals surface area contributed by atoms with E-state index in [0.29, 0.717) is 28.4 Å². The van der Waals surface area contributed by atoms with E-state index in [0.717, 1.165) is 6.07 Å². The van der Waals surface area contributed by atoms with E-state index in [1.54, 1.807) is 75.5 Å². The fraction of sp³-hybridized carbons (Fsp3) is 0.125. The molecule has 4 aromatic carbocycles. The first-order valence-electron chi connectivity index (χ1n) is 14.0. The van der Waals surface area contributed by atoms with Gasteiger partial charge in [-0.05, 0) is 86.1 Å². The molecule has 0 saturated heterocycles. The van der Waals surface area contributed by atoms with Gasteiger partial charge in [0.1, 0.15) is 16.3 Å². The van der Waals surface area contributed by atoms with Crippen LogP contribution < -0.4 is 25.1 Å². The number of nitrogens with one attached hydrogen (secondary N) is 3. The van der Waals surface area contributed by atoms with Gasteiger partial charge < -0.3 is 10.1 Å². The molecule has 244 valence electrons. The zero-order valence-electron chi connectivity index (χ0n) is 25.6. The Bertz CT molecular complexity index is 2270. The number of carbonyl (C=O) groups is 1. The fourth-order valence-electron chi connectivity index (χ4n) is 4.77. The quantitative estimate of drug-likeness (QED) is 0.179. The second-order valence-electron chi connectivity index (χ2n) is 10.5. The van der Waals surface area contributed by atoms with Gasteiger partial charge in [0.15, 0.2) is 0 Å². The smallest absolute Gasteiger partial charge is 0.296 e. The summed E-state index contributed by atoms with van der Waals surface area (Å²) in [6.45, 7) is 3.20. The van der Waals surface area contributed by atoms with Crippen molar-refractivity contribution in [1.29, 1.82) is 0 Å². The summed E-state index contributed by atoms with van der Waals surface area (Å²) >= 11 is 6.28. The van der Waals surface area contributed by atoms with Crippen molar-refractivity contribution in [3.63, 3.8) is 0 Å². The van der Waals surface area contributed by atoms with Gasteiger partial charge in [0.25, 0.3) is 31.5 Å². The number of halogens is 1. The molecule has 0 aliphatic rings. The van der Waals surface area contributed by atoms with E-state index >= 15 is 0 Å². The molecule has 5 aromatic rings. The Morgan fingerprint density at radius 3 is 2.09 bits per heavy atom. The van der Waals surface area contributed by atoms with E-state index in [9.17, 15) is 26.4 Å². The third-order valence-electron chi connectivity index (χ3n) is 7.35. The monoisotopic (exact) mass is 695 g/mol. The molecule has 0 radical (unpaired) electrons. The Labute approximate surface area is 276 Å². The molecular weight excluding hydrogens is 666 g/mol. The Morgan fingerprint density at radius 1 is 0.787 bits per heavy atom. The van der Waals surface area contributed by atoms with Crippen molar-refractivity contribution in [1.82, 2.24) is 9.36 Å². The second kappa shape index (κ2) is 13.0.